The summed E-state index contributed by atoms with van der Waals surface area (Å²) in [5, 5.41) is 15.0. The number of rotatable bonds is 17. The third-order valence-electron chi connectivity index (χ3n) is 12.4. The molecule has 2 aromatic heterocycles. The minimum absolute atomic E-state index is 0.0320. The standard InChI is InChI=1S/C52H55F3N8O7S/c1-32-44(70-31-59-32)36-13-11-33(12-14-36)28-58-46(65)42-10-9-23-61(42)47(66)45(50(2,3)4)60-43(64)30-68-24-7-8-25-69-39-21-17-35(18-22-39)34-15-19-37(20-16-34)63-49(71)62(48(67)51(63,5)6)38-26-40(52(53,54)55)41(27-56)57-29-38/h11-22,26,29,31,42,45H,7-10,23-25,28,30H2,1-6H3,(H,58,65)(H,60,64)/t42-,45?/m0/s1. The second-order valence-corrected chi connectivity index (χ2v) is 19.3. The average molecular weight is 993 g/mol. The van der Waals surface area contributed by atoms with Gasteiger partial charge in [0.2, 0.25) is 17.7 Å². The van der Waals surface area contributed by atoms with E-state index in [1.54, 1.807) is 35.8 Å². The van der Waals surface area contributed by atoms with Crippen molar-refractivity contribution in [1.29, 1.82) is 5.26 Å². The number of hydrogen-bond donors (Lipinski definition) is 2. The number of unbranched alkanes of at least 4 members (excludes halogenated alkanes) is 1. The lowest BCUT2D eigenvalue weighted by Gasteiger charge is -2.35. The van der Waals surface area contributed by atoms with Crippen LogP contribution in [0.1, 0.15) is 82.8 Å². The van der Waals surface area contributed by atoms with Crippen molar-refractivity contribution in [2.24, 2.45) is 5.41 Å². The number of carbonyl (C=O) groups is 4. The van der Waals surface area contributed by atoms with Crippen molar-refractivity contribution in [3.8, 4) is 34.3 Å². The monoisotopic (exact) mass is 992 g/mol. The van der Waals surface area contributed by atoms with Crippen LogP contribution in [0.25, 0.3) is 22.5 Å². The number of anilines is 2. The number of thiocarbonyl (C=S) groups is 1. The molecule has 1 unspecified atom stereocenters. The van der Waals surface area contributed by atoms with Crippen LogP contribution in [0.3, 0.4) is 0 Å². The van der Waals surface area contributed by atoms with Gasteiger partial charge in [-0.25, -0.2) is 9.97 Å². The molecule has 7 rings (SSSR count). The predicted octanol–water partition coefficient (Wildman–Crippen LogP) is 8.53. The van der Waals surface area contributed by atoms with Crippen molar-refractivity contribution in [2.45, 2.75) is 97.6 Å². The fourth-order valence-corrected chi connectivity index (χ4v) is 9.05. The number of aromatic nitrogens is 2. The Kier molecular flexibility index (Phi) is 15.6. The summed E-state index contributed by atoms with van der Waals surface area (Å²) >= 11 is 5.64. The number of pyridine rings is 1. The molecule has 2 aliphatic rings. The number of carbonyl (C=O) groups excluding carboxylic acids is 4. The topological polar surface area (TPSA) is 183 Å². The number of nitrogens with zero attached hydrogens (tertiary/aromatic N) is 6. The molecule has 0 spiro atoms. The molecule has 0 bridgehead atoms. The van der Waals surface area contributed by atoms with Crippen LogP contribution in [0, 0.1) is 23.7 Å². The SMILES string of the molecule is Cc1ncoc1-c1ccc(CNC(=O)[C@@H]2CCCN2C(=O)C(NC(=O)COCCCCOc2ccc(-c3ccc(N4C(=S)N(c5cnc(C#N)c(C(F)(F)F)c5)C(=O)C4(C)C)cc3)cc2)C(C)(C)C)cc1. The van der Waals surface area contributed by atoms with E-state index in [1.807, 2.05) is 88.4 Å². The van der Waals surface area contributed by atoms with Crippen LogP contribution in [-0.4, -0.2) is 87.6 Å². The van der Waals surface area contributed by atoms with Gasteiger partial charge < -0.3 is 34.3 Å². The molecule has 0 radical (unpaired) electrons. The van der Waals surface area contributed by atoms with Crippen LogP contribution in [0.2, 0.25) is 0 Å². The molecular formula is C52H55F3N8O7S. The fraction of sp³-hybridized carbons (Fsp3) is 0.385. The highest BCUT2D eigenvalue weighted by atomic mass is 32.1. The van der Waals surface area contributed by atoms with Crippen molar-refractivity contribution < 1.29 is 46.2 Å². The molecule has 2 fully saturated rings. The van der Waals surface area contributed by atoms with Gasteiger partial charge >= 0.3 is 6.18 Å². The van der Waals surface area contributed by atoms with Crippen LogP contribution in [0.4, 0.5) is 24.5 Å². The van der Waals surface area contributed by atoms with E-state index in [0.717, 1.165) is 39.0 Å². The zero-order valence-corrected chi connectivity index (χ0v) is 41.1. The number of amides is 4. The van der Waals surface area contributed by atoms with E-state index < -0.39 is 52.3 Å². The Morgan fingerprint density at radius 1 is 0.944 bits per heavy atom. The molecule has 2 atom stereocenters. The maximum Gasteiger partial charge on any atom is 0.419 e. The van der Waals surface area contributed by atoms with Gasteiger partial charge in [0.15, 0.2) is 23.0 Å². The number of ether oxygens (including phenoxy) is 2. The lowest BCUT2D eigenvalue weighted by molar-refractivity contribution is -0.144. The van der Waals surface area contributed by atoms with Gasteiger partial charge in [0.25, 0.3) is 5.91 Å². The van der Waals surface area contributed by atoms with Crippen LogP contribution < -0.4 is 25.2 Å². The summed E-state index contributed by atoms with van der Waals surface area (Å²) in [5.41, 5.74) is 0.713. The first kappa shape index (κ1) is 51.7. The fourth-order valence-electron chi connectivity index (χ4n) is 8.53. The number of hydrogen-bond acceptors (Lipinski definition) is 11. The van der Waals surface area contributed by atoms with E-state index >= 15 is 0 Å². The molecule has 19 heteroatoms. The lowest BCUT2D eigenvalue weighted by atomic mass is 9.85. The number of likely N-dealkylation sites (tertiary alicyclic amines) is 1. The van der Waals surface area contributed by atoms with Crippen molar-refractivity contribution >= 4 is 52.3 Å². The van der Waals surface area contributed by atoms with E-state index in [9.17, 15) is 32.3 Å². The third-order valence-corrected chi connectivity index (χ3v) is 12.8. The van der Waals surface area contributed by atoms with E-state index in [2.05, 4.69) is 20.6 Å². The van der Waals surface area contributed by atoms with Gasteiger partial charge in [-0.2, -0.15) is 18.4 Å². The second-order valence-electron chi connectivity index (χ2n) is 18.9. The predicted molar refractivity (Wildman–Crippen MR) is 263 cm³/mol. The van der Waals surface area contributed by atoms with Crippen molar-refractivity contribution in [3.05, 3.63) is 114 Å². The van der Waals surface area contributed by atoms with Gasteiger partial charge in [-0.05, 0) is 111 Å². The highest BCUT2D eigenvalue weighted by Crippen LogP contribution is 2.40. The van der Waals surface area contributed by atoms with E-state index in [1.165, 1.54) is 12.5 Å². The highest BCUT2D eigenvalue weighted by Gasteiger charge is 2.51. The molecule has 15 nitrogen and oxygen atoms in total. The first-order chi connectivity index (χ1) is 33.7. The Labute approximate surface area is 415 Å². The molecule has 3 aromatic carbocycles. The number of nitrogens with one attached hydrogen (secondary N) is 2. The van der Waals surface area contributed by atoms with E-state index in [4.69, 9.17) is 31.4 Å². The van der Waals surface area contributed by atoms with Gasteiger partial charge in [0, 0.05) is 30.9 Å². The zero-order chi connectivity index (χ0) is 51.3. The van der Waals surface area contributed by atoms with Crippen LogP contribution in [0.15, 0.2) is 95.9 Å². The molecule has 0 aliphatic carbocycles. The minimum Gasteiger partial charge on any atom is -0.494 e. The van der Waals surface area contributed by atoms with Gasteiger partial charge in [-0.15, -0.1) is 0 Å². The van der Waals surface area contributed by atoms with Gasteiger partial charge in [0.1, 0.15) is 36.0 Å². The number of benzene rings is 3. The van der Waals surface area contributed by atoms with E-state index in [0.29, 0.717) is 75.3 Å². The molecule has 2 saturated heterocycles. The zero-order valence-electron chi connectivity index (χ0n) is 40.3. The summed E-state index contributed by atoms with van der Waals surface area (Å²) in [6.07, 6.45) is 0.0333. The molecule has 4 amide bonds. The Balaban J connectivity index is 0.833. The summed E-state index contributed by atoms with van der Waals surface area (Å²) in [6, 6.07) is 23.0. The summed E-state index contributed by atoms with van der Waals surface area (Å²) in [7, 11) is 0. The smallest absolute Gasteiger partial charge is 0.419 e. The van der Waals surface area contributed by atoms with Crippen molar-refractivity contribution in [1.82, 2.24) is 25.5 Å². The second kappa shape index (κ2) is 21.4. The first-order valence-corrected chi connectivity index (χ1v) is 23.5. The molecule has 0 saturated carbocycles. The summed E-state index contributed by atoms with van der Waals surface area (Å²) < 4.78 is 58.2. The van der Waals surface area contributed by atoms with Crippen LogP contribution in [0.5, 0.6) is 5.75 Å². The van der Waals surface area contributed by atoms with Gasteiger partial charge in [-0.3, -0.25) is 24.1 Å². The van der Waals surface area contributed by atoms with Gasteiger partial charge in [-0.1, -0.05) is 69.3 Å². The number of oxazole rings is 1. The Hall–Kier alpha value is -7.17. The maximum atomic E-state index is 13.9. The molecule has 4 heterocycles. The van der Waals surface area contributed by atoms with Crippen molar-refractivity contribution in [3.63, 3.8) is 0 Å². The quantitative estimate of drug-likeness (QED) is 0.0670. The Morgan fingerprint density at radius 3 is 2.21 bits per heavy atom. The summed E-state index contributed by atoms with van der Waals surface area (Å²) in [6.45, 7) is 11.9. The third kappa shape index (κ3) is 11.7. The van der Waals surface area contributed by atoms with Crippen molar-refractivity contribution in [2.75, 3.05) is 36.2 Å². The number of aryl methyl sites for hydroxylation is 1. The molecule has 372 valence electrons. The lowest BCUT2D eigenvalue weighted by Crippen LogP contribution is -2.58. The summed E-state index contributed by atoms with van der Waals surface area (Å²) in [4.78, 5) is 65.9. The highest BCUT2D eigenvalue weighted by molar-refractivity contribution is 7.81. The van der Waals surface area contributed by atoms with Crippen LogP contribution >= 0.6 is 12.2 Å². The average Bonchev–Trinajstić information content (AvgIpc) is 4.05. The molecule has 5 aromatic rings. The Bertz CT molecular complexity index is 2800. The molecule has 2 N–H and O–H groups in total. The van der Waals surface area contributed by atoms with Crippen LogP contribution in [-0.2, 0) is 36.6 Å². The molecule has 71 heavy (non-hydrogen) atoms. The maximum absolute atomic E-state index is 13.9. The number of halogens is 3. The molecule has 2 aliphatic heterocycles. The largest absolute Gasteiger partial charge is 0.494 e. The molecular weight excluding hydrogens is 938 g/mol. The normalized spacial score (nSPS) is 16.2. The number of nitriles is 1. The minimum atomic E-state index is -4.86. The summed E-state index contributed by atoms with van der Waals surface area (Å²) in [5.74, 6) is -0.195. The number of alkyl halides is 3. The first-order valence-electron chi connectivity index (χ1n) is 23.1. The Morgan fingerprint density at radius 2 is 1.59 bits per heavy atom. The van der Waals surface area contributed by atoms with E-state index in [-0.39, 0.29) is 29.2 Å². The van der Waals surface area contributed by atoms with Gasteiger partial charge in [0.05, 0.1) is 29.7 Å².